The van der Waals surface area contributed by atoms with Gasteiger partial charge in [0.2, 0.25) is 0 Å². The molecule has 2 nitrogen and oxygen atoms in total. The van der Waals surface area contributed by atoms with Crippen LogP contribution in [0.5, 0.6) is 0 Å². The van der Waals surface area contributed by atoms with Crippen molar-refractivity contribution in [3.63, 3.8) is 0 Å². The first-order valence-corrected chi connectivity index (χ1v) is 9.66. The highest BCUT2D eigenvalue weighted by molar-refractivity contribution is 5.26. The van der Waals surface area contributed by atoms with Crippen LogP contribution in [0, 0.1) is 23.2 Å². The minimum absolute atomic E-state index is 0.660. The van der Waals surface area contributed by atoms with Gasteiger partial charge in [-0.1, -0.05) is 71.1 Å². The average molecular weight is 313 g/mol. The summed E-state index contributed by atoms with van der Waals surface area (Å²) in [5, 5.41) is 8.80. The van der Waals surface area contributed by atoms with Crippen molar-refractivity contribution in [1.82, 2.24) is 4.98 Å². The molecule has 0 bridgehead atoms. The van der Waals surface area contributed by atoms with Crippen LogP contribution in [-0.4, -0.2) is 4.98 Å². The number of hydrogen-bond acceptors (Lipinski definition) is 2. The molecule has 23 heavy (non-hydrogen) atoms. The molecule has 1 saturated carbocycles. The molecule has 126 valence electrons. The van der Waals surface area contributed by atoms with Crippen LogP contribution in [0.25, 0.3) is 0 Å². The van der Waals surface area contributed by atoms with Crippen molar-refractivity contribution in [3.8, 4) is 6.07 Å². The predicted octanol–water partition coefficient (Wildman–Crippen LogP) is 6.05. The number of hydrogen-bond donors (Lipinski definition) is 0. The van der Waals surface area contributed by atoms with Crippen molar-refractivity contribution in [3.05, 3.63) is 29.6 Å². The molecular formula is C21H32N2. The second kappa shape index (κ2) is 10.4. The van der Waals surface area contributed by atoms with E-state index in [-0.39, 0.29) is 0 Å². The third-order valence-electron chi connectivity index (χ3n) is 5.44. The fraction of sp³-hybridized carbons (Fsp3) is 0.714. The number of nitriles is 1. The van der Waals surface area contributed by atoms with E-state index in [9.17, 15) is 0 Å². The molecule has 1 aromatic rings. The van der Waals surface area contributed by atoms with Gasteiger partial charge in [-0.25, -0.2) is 0 Å². The Bertz CT molecular complexity index is 464. The van der Waals surface area contributed by atoms with Gasteiger partial charge in [-0.15, -0.1) is 0 Å². The van der Waals surface area contributed by atoms with Crippen molar-refractivity contribution in [2.75, 3.05) is 0 Å². The number of aromatic nitrogens is 1. The summed E-state index contributed by atoms with van der Waals surface area (Å²) in [5.41, 5.74) is 1.80. The van der Waals surface area contributed by atoms with Gasteiger partial charge >= 0.3 is 0 Å². The maximum atomic E-state index is 8.80. The lowest BCUT2D eigenvalue weighted by Gasteiger charge is -2.28. The monoisotopic (exact) mass is 312 g/mol. The standard InChI is InChI=1S/C21H32N2/c1-2-3-4-5-6-7-18-8-10-19(11-9-18)12-14-21-15-13-20(16-22)17-23-21/h13,15,17-19H,2-12,14H2,1H3. The molecule has 1 aromatic heterocycles. The Balaban J connectivity index is 1.58. The lowest BCUT2D eigenvalue weighted by molar-refractivity contribution is 0.248. The van der Waals surface area contributed by atoms with Crippen LogP contribution in [0.15, 0.2) is 18.3 Å². The van der Waals surface area contributed by atoms with E-state index in [4.69, 9.17) is 5.26 Å². The van der Waals surface area contributed by atoms with Gasteiger partial charge in [0, 0.05) is 11.9 Å². The normalized spacial score (nSPS) is 21.0. The molecule has 0 saturated heterocycles. The second-order valence-electron chi connectivity index (χ2n) is 7.28. The van der Waals surface area contributed by atoms with Crippen LogP contribution in [0.1, 0.15) is 88.8 Å². The SMILES string of the molecule is CCCCCCCC1CCC(CCc2ccc(C#N)cn2)CC1. The van der Waals surface area contributed by atoms with E-state index in [2.05, 4.69) is 18.0 Å². The minimum Gasteiger partial charge on any atom is -0.260 e. The number of unbranched alkanes of at least 4 members (excludes halogenated alkanes) is 4. The zero-order valence-electron chi connectivity index (χ0n) is 14.8. The van der Waals surface area contributed by atoms with E-state index in [1.165, 1.54) is 70.6 Å². The Kier molecular flexibility index (Phi) is 8.15. The van der Waals surface area contributed by atoms with Crippen molar-refractivity contribution in [2.24, 2.45) is 11.8 Å². The van der Waals surface area contributed by atoms with E-state index >= 15 is 0 Å². The van der Waals surface area contributed by atoms with Crippen LogP contribution in [0.3, 0.4) is 0 Å². The van der Waals surface area contributed by atoms with Gasteiger partial charge < -0.3 is 0 Å². The first-order valence-electron chi connectivity index (χ1n) is 9.66. The molecular weight excluding hydrogens is 280 g/mol. The number of aryl methyl sites for hydroxylation is 1. The molecule has 1 heterocycles. The summed E-state index contributed by atoms with van der Waals surface area (Å²) in [7, 11) is 0. The Hall–Kier alpha value is -1.36. The van der Waals surface area contributed by atoms with Gasteiger partial charge in [0.05, 0.1) is 5.56 Å². The lowest BCUT2D eigenvalue weighted by Crippen LogP contribution is -2.15. The van der Waals surface area contributed by atoms with Crippen molar-refractivity contribution >= 4 is 0 Å². The molecule has 2 rings (SSSR count). The van der Waals surface area contributed by atoms with Crippen molar-refractivity contribution < 1.29 is 0 Å². The zero-order chi connectivity index (χ0) is 16.3. The topological polar surface area (TPSA) is 36.7 Å². The molecule has 2 heteroatoms. The molecule has 0 spiro atoms. The third-order valence-corrected chi connectivity index (χ3v) is 5.44. The summed E-state index contributed by atoms with van der Waals surface area (Å²) >= 11 is 0. The molecule has 0 N–H and O–H groups in total. The number of pyridine rings is 1. The van der Waals surface area contributed by atoms with Crippen LogP contribution >= 0.6 is 0 Å². The zero-order valence-corrected chi connectivity index (χ0v) is 14.8. The quantitative estimate of drug-likeness (QED) is 0.520. The summed E-state index contributed by atoms with van der Waals surface area (Å²) < 4.78 is 0. The Morgan fingerprint density at radius 2 is 1.70 bits per heavy atom. The molecule has 0 radical (unpaired) electrons. The Labute approximate surface area is 142 Å². The summed E-state index contributed by atoms with van der Waals surface area (Å²) in [6, 6.07) is 6.03. The average Bonchev–Trinajstić information content (AvgIpc) is 2.61. The second-order valence-corrected chi connectivity index (χ2v) is 7.28. The molecule has 0 amide bonds. The van der Waals surface area contributed by atoms with Crippen LogP contribution in [-0.2, 0) is 6.42 Å². The molecule has 1 aliphatic rings. The molecule has 1 fully saturated rings. The van der Waals surface area contributed by atoms with Crippen LogP contribution in [0.4, 0.5) is 0 Å². The molecule has 0 atom stereocenters. The van der Waals surface area contributed by atoms with Gasteiger partial charge in [-0.2, -0.15) is 5.26 Å². The number of rotatable bonds is 9. The van der Waals surface area contributed by atoms with Gasteiger partial charge in [0.25, 0.3) is 0 Å². The van der Waals surface area contributed by atoms with Gasteiger partial charge in [-0.3, -0.25) is 4.98 Å². The molecule has 1 aliphatic carbocycles. The van der Waals surface area contributed by atoms with E-state index in [0.717, 1.165) is 24.0 Å². The Morgan fingerprint density at radius 3 is 2.30 bits per heavy atom. The van der Waals surface area contributed by atoms with Gasteiger partial charge in [0.15, 0.2) is 0 Å². The summed E-state index contributed by atoms with van der Waals surface area (Å²) in [6.45, 7) is 2.29. The molecule has 0 unspecified atom stereocenters. The molecule has 0 aromatic carbocycles. The van der Waals surface area contributed by atoms with Crippen LogP contribution in [0.2, 0.25) is 0 Å². The van der Waals surface area contributed by atoms with E-state index in [1.807, 2.05) is 12.1 Å². The Morgan fingerprint density at radius 1 is 1.00 bits per heavy atom. The third kappa shape index (κ3) is 6.73. The van der Waals surface area contributed by atoms with E-state index in [1.54, 1.807) is 6.20 Å². The van der Waals surface area contributed by atoms with Crippen LogP contribution < -0.4 is 0 Å². The fourth-order valence-corrected chi connectivity index (χ4v) is 3.84. The maximum absolute atomic E-state index is 8.80. The summed E-state index contributed by atoms with van der Waals surface area (Å²) in [5.74, 6) is 1.89. The highest BCUT2D eigenvalue weighted by atomic mass is 14.7. The van der Waals surface area contributed by atoms with E-state index < -0.39 is 0 Å². The maximum Gasteiger partial charge on any atom is 0.101 e. The summed E-state index contributed by atoms with van der Waals surface area (Å²) in [6.07, 6.45) is 18.3. The van der Waals surface area contributed by atoms with Gasteiger partial charge in [-0.05, 0) is 36.8 Å². The van der Waals surface area contributed by atoms with E-state index in [0.29, 0.717) is 5.56 Å². The predicted molar refractivity (Wildman–Crippen MR) is 96.1 cm³/mol. The lowest BCUT2D eigenvalue weighted by atomic mass is 9.78. The highest BCUT2D eigenvalue weighted by Gasteiger charge is 2.20. The highest BCUT2D eigenvalue weighted by Crippen LogP contribution is 2.34. The van der Waals surface area contributed by atoms with Crippen molar-refractivity contribution in [2.45, 2.75) is 84.0 Å². The molecule has 0 aliphatic heterocycles. The summed E-state index contributed by atoms with van der Waals surface area (Å²) in [4.78, 5) is 4.39. The van der Waals surface area contributed by atoms with Gasteiger partial charge in [0.1, 0.15) is 6.07 Å². The van der Waals surface area contributed by atoms with Crippen molar-refractivity contribution in [1.29, 1.82) is 5.26 Å². The minimum atomic E-state index is 0.660. The smallest absolute Gasteiger partial charge is 0.101 e. The fourth-order valence-electron chi connectivity index (χ4n) is 3.84. The largest absolute Gasteiger partial charge is 0.260 e. The first-order chi connectivity index (χ1) is 11.3. The number of nitrogens with zero attached hydrogens (tertiary/aromatic N) is 2. The first kappa shape index (κ1) is 18.0.